The minimum absolute atomic E-state index is 0.598. The molecule has 0 amide bonds. The summed E-state index contributed by atoms with van der Waals surface area (Å²) in [6.07, 6.45) is 1.93. The highest BCUT2D eigenvalue weighted by molar-refractivity contribution is 5.53. The van der Waals surface area contributed by atoms with Crippen LogP contribution in [0.25, 0.3) is 5.65 Å². The molecule has 21 heavy (non-hydrogen) atoms. The highest BCUT2D eigenvalue weighted by Crippen LogP contribution is 2.29. The van der Waals surface area contributed by atoms with Gasteiger partial charge in [-0.05, 0) is 38.1 Å². The second-order valence-electron chi connectivity index (χ2n) is 4.55. The van der Waals surface area contributed by atoms with E-state index in [1.807, 2.05) is 66.9 Å². The van der Waals surface area contributed by atoms with Gasteiger partial charge in [0.15, 0.2) is 5.82 Å². The molecule has 0 saturated carbocycles. The molecule has 0 bridgehead atoms. The lowest BCUT2D eigenvalue weighted by molar-refractivity contribution is 0.341. The molecule has 2 aromatic heterocycles. The van der Waals surface area contributed by atoms with Crippen molar-refractivity contribution < 1.29 is 4.74 Å². The number of benzene rings is 1. The van der Waals surface area contributed by atoms with Gasteiger partial charge in [-0.3, -0.25) is 4.40 Å². The van der Waals surface area contributed by atoms with Crippen molar-refractivity contribution in [1.29, 1.82) is 0 Å². The zero-order chi connectivity index (χ0) is 14.7. The number of para-hydroxylation sites is 1. The van der Waals surface area contributed by atoms with Crippen molar-refractivity contribution in [2.45, 2.75) is 13.8 Å². The van der Waals surface area contributed by atoms with E-state index in [1.54, 1.807) is 0 Å². The number of fused-ring (bicyclic) bond motifs is 1. The Kier molecular flexibility index (Phi) is 3.64. The van der Waals surface area contributed by atoms with Crippen LogP contribution in [0.3, 0.4) is 0 Å². The van der Waals surface area contributed by atoms with Crippen molar-refractivity contribution in [2.75, 3.05) is 6.61 Å². The van der Waals surface area contributed by atoms with Crippen LogP contribution in [0.1, 0.15) is 12.6 Å². The SMILES string of the molecule is CCOc1ccccc1N=Nc1c(C)nc2ccccn12. The monoisotopic (exact) mass is 280 g/mol. The molecule has 0 aliphatic rings. The molecule has 0 saturated heterocycles. The van der Waals surface area contributed by atoms with Crippen LogP contribution in [0, 0.1) is 6.92 Å². The summed E-state index contributed by atoms with van der Waals surface area (Å²) in [6, 6.07) is 13.4. The van der Waals surface area contributed by atoms with Gasteiger partial charge in [-0.2, -0.15) is 0 Å². The topological polar surface area (TPSA) is 51.2 Å². The van der Waals surface area contributed by atoms with Gasteiger partial charge in [-0.1, -0.05) is 18.2 Å². The number of aryl methyl sites for hydroxylation is 1. The number of hydrogen-bond donors (Lipinski definition) is 0. The van der Waals surface area contributed by atoms with Crippen LogP contribution in [-0.4, -0.2) is 16.0 Å². The fourth-order valence-electron chi connectivity index (χ4n) is 2.14. The van der Waals surface area contributed by atoms with Gasteiger partial charge >= 0.3 is 0 Å². The summed E-state index contributed by atoms with van der Waals surface area (Å²) in [7, 11) is 0. The van der Waals surface area contributed by atoms with E-state index in [2.05, 4.69) is 15.2 Å². The van der Waals surface area contributed by atoms with Crippen LogP contribution in [0.2, 0.25) is 0 Å². The molecule has 3 rings (SSSR count). The predicted molar refractivity (Wildman–Crippen MR) is 81.7 cm³/mol. The molecular formula is C16H16N4O. The Morgan fingerprint density at radius 2 is 1.90 bits per heavy atom. The van der Waals surface area contributed by atoms with Crippen LogP contribution in [0.15, 0.2) is 58.9 Å². The minimum Gasteiger partial charge on any atom is -0.492 e. The molecule has 3 aromatic rings. The first-order valence-electron chi connectivity index (χ1n) is 6.87. The molecule has 0 aliphatic carbocycles. The van der Waals surface area contributed by atoms with Gasteiger partial charge in [0.1, 0.15) is 17.1 Å². The molecule has 1 aromatic carbocycles. The maximum atomic E-state index is 5.55. The van der Waals surface area contributed by atoms with E-state index < -0.39 is 0 Å². The van der Waals surface area contributed by atoms with Gasteiger partial charge in [0.05, 0.1) is 12.3 Å². The first-order valence-corrected chi connectivity index (χ1v) is 6.87. The van der Waals surface area contributed by atoms with Crippen LogP contribution >= 0.6 is 0 Å². The van der Waals surface area contributed by atoms with Gasteiger partial charge in [0.25, 0.3) is 0 Å². The van der Waals surface area contributed by atoms with Gasteiger partial charge in [0, 0.05) is 6.20 Å². The third-order valence-corrected chi connectivity index (χ3v) is 3.09. The second-order valence-corrected chi connectivity index (χ2v) is 4.55. The zero-order valence-electron chi connectivity index (χ0n) is 12.0. The van der Waals surface area contributed by atoms with E-state index in [4.69, 9.17) is 4.74 Å². The third-order valence-electron chi connectivity index (χ3n) is 3.09. The number of pyridine rings is 1. The summed E-state index contributed by atoms with van der Waals surface area (Å²) in [6.45, 7) is 4.47. The highest BCUT2D eigenvalue weighted by atomic mass is 16.5. The van der Waals surface area contributed by atoms with Crippen molar-refractivity contribution in [3.05, 3.63) is 54.4 Å². The molecule has 0 radical (unpaired) electrons. The molecule has 0 N–H and O–H groups in total. The standard InChI is InChI=1S/C16H16N4O/c1-3-21-14-9-5-4-8-13(14)18-19-16-12(2)17-15-10-6-7-11-20(15)16/h4-11H,3H2,1-2H3. The molecule has 0 spiro atoms. The summed E-state index contributed by atoms with van der Waals surface area (Å²) in [5.41, 5.74) is 2.42. The smallest absolute Gasteiger partial charge is 0.182 e. The fraction of sp³-hybridized carbons (Fsp3) is 0.188. The molecule has 0 aliphatic heterocycles. The Morgan fingerprint density at radius 3 is 2.76 bits per heavy atom. The number of imidazole rings is 1. The van der Waals surface area contributed by atoms with E-state index in [1.165, 1.54) is 0 Å². The van der Waals surface area contributed by atoms with Gasteiger partial charge in [-0.15, -0.1) is 10.2 Å². The third kappa shape index (κ3) is 2.63. The van der Waals surface area contributed by atoms with E-state index in [9.17, 15) is 0 Å². The Hall–Kier alpha value is -2.69. The quantitative estimate of drug-likeness (QED) is 0.663. The average molecular weight is 280 g/mol. The lowest BCUT2D eigenvalue weighted by Gasteiger charge is -2.04. The summed E-state index contributed by atoms with van der Waals surface area (Å²) < 4.78 is 7.47. The zero-order valence-corrected chi connectivity index (χ0v) is 12.0. The van der Waals surface area contributed by atoms with Crippen molar-refractivity contribution in [2.24, 2.45) is 10.2 Å². The van der Waals surface area contributed by atoms with Crippen LogP contribution < -0.4 is 4.74 Å². The maximum absolute atomic E-state index is 5.55. The van der Waals surface area contributed by atoms with Crippen molar-refractivity contribution in [3.63, 3.8) is 0 Å². The van der Waals surface area contributed by atoms with Crippen LogP contribution in [-0.2, 0) is 0 Å². The van der Waals surface area contributed by atoms with E-state index in [-0.39, 0.29) is 0 Å². The van der Waals surface area contributed by atoms with Gasteiger partial charge in [-0.25, -0.2) is 4.98 Å². The summed E-state index contributed by atoms with van der Waals surface area (Å²) in [5.74, 6) is 1.46. The van der Waals surface area contributed by atoms with Crippen molar-refractivity contribution >= 4 is 17.2 Å². The summed E-state index contributed by atoms with van der Waals surface area (Å²) in [5, 5.41) is 8.67. The number of rotatable bonds is 4. The molecular weight excluding hydrogens is 264 g/mol. The molecule has 5 heteroatoms. The second kappa shape index (κ2) is 5.75. The Bertz CT molecular complexity index is 792. The van der Waals surface area contributed by atoms with E-state index >= 15 is 0 Å². The molecule has 2 heterocycles. The van der Waals surface area contributed by atoms with E-state index in [0.717, 1.165) is 22.9 Å². The van der Waals surface area contributed by atoms with Crippen molar-refractivity contribution in [3.8, 4) is 5.75 Å². The number of hydrogen-bond acceptors (Lipinski definition) is 4. The molecule has 0 atom stereocenters. The summed E-state index contributed by atoms with van der Waals surface area (Å²) >= 11 is 0. The maximum Gasteiger partial charge on any atom is 0.182 e. The molecule has 0 unspecified atom stereocenters. The Labute approximate surface area is 122 Å². The number of aromatic nitrogens is 2. The summed E-state index contributed by atoms with van der Waals surface area (Å²) in [4.78, 5) is 4.46. The minimum atomic E-state index is 0.598. The largest absolute Gasteiger partial charge is 0.492 e. The average Bonchev–Trinajstić information content (AvgIpc) is 2.82. The Balaban J connectivity index is 2.00. The lowest BCUT2D eigenvalue weighted by atomic mass is 10.3. The Morgan fingerprint density at radius 1 is 1.10 bits per heavy atom. The first-order chi connectivity index (χ1) is 10.3. The molecule has 0 fully saturated rings. The van der Waals surface area contributed by atoms with Crippen LogP contribution in [0.5, 0.6) is 5.75 Å². The molecule has 5 nitrogen and oxygen atoms in total. The van der Waals surface area contributed by atoms with Crippen molar-refractivity contribution in [1.82, 2.24) is 9.38 Å². The van der Waals surface area contributed by atoms with Gasteiger partial charge < -0.3 is 4.74 Å². The normalized spacial score (nSPS) is 11.3. The van der Waals surface area contributed by atoms with Crippen LogP contribution in [0.4, 0.5) is 11.5 Å². The number of nitrogens with zero attached hydrogens (tertiary/aromatic N) is 4. The predicted octanol–water partition coefficient (Wildman–Crippen LogP) is 4.46. The van der Waals surface area contributed by atoms with Gasteiger partial charge in [0.2, 0.25) is 0 Å². The number of ether oxygens (including phenoxy) is 1. The fourth-order valence-corrected chi connectivity index (χ4v) is 2.14. The van der Waals surface area contributed by atoms with E-state index in [0.29, 0.717) is 12.3 Å². The highest BCUT2D eigenvalue weighted by Gasteiger charge is 2.07. The first kappa shape index (κ1) is 13.3. The lowest BCUT2D eigenvalue weighted by Crippen LogP contribution is -1.90. The number of azo groups is 1. The molecule has 106 valence electrons.